The summed E-state index contributed by atoms with van der Waals surface area (Å²) in [5.74, 6) is 0. The van der Waals surface area contributed by atoms with Gasteiger partial charge in [-0.05, 0) is 25.0 Å². The minimum absolute atomic E-state index is 0.0503. The molecule has 1 unspecified atom stereocenters. The van der Waals surface area contributed by atoms with Gasteiger partial charge in [0, 0.05) is 10.9 Å². The Labute approximate surface area is 81.7 Å². The van der Waals surface area contributed by atoms with E-state index in [1.54, 1.807) is 0 Å². The van der Waals surface area contributed by atoms with Crippen molar-refractivity contribution in [3.05, 3.63) is 29.3 Å². The smallest absolute Gasteiger partial charge is 0.284 e. The summed E-state index contributed by atoms with van der Waals surface area (Å²) in [4.78, 5) is 11.2. The van der Waals surface area contributed by atoms with Crippen LogP contribution in [0, 0.1) is 6.92 Å². The summed E-state index contributed by atoms with van der Waals surface area (Å²) in [6.45, 7) is 4.07. The first kappa shape index (κ1) is 8.63. The van der Waals surface area contributed by atoms with Crippen LogP contribution in [-0.4, -0.2) is 5.24 Å². The Hall–Kier alpha value is -0.960. The number of thioether (sulfide) groups is 1. The van der Waals surface area contributed by atoms with E-state index in [2.05, 4.69) is 18.3 Å². The maximum absolute atomic E-state index is 11.2. The Morgan fingerprint density at radius 3 is 3.00 bits per heavy atom. The highest BCUT2D eigenvalue weighted by molar-refractivity contribution is 8.14. The van der Waals surface area contributed by atoms with Crippen LogP contribution in [0.4, 0.5) is 10.5 Å². The minimum Gasteiger partial charge on any atom is -0.316 e. The van der Waals surface area contributed by atoms with Gasteiger partial charge in [-0.25, -0.2) is 0 Å². The topological polar surface area (TPSA) is 29.1 Å². The third-order valence-electron chi connectivity index (χ3n) is 2.25. The van der Waals surface area contributed by atoms with E-state index in [9.17, 15) is 4.79 Å². The van der Waals surface area contributed by atoms with Gasteiger partial charge in [-0.2, -0.15) is 0 Å². The molecule has 0 aliphatic carbocycles. The lowest BCUT2D eigenvalue weighted by molar-refractivity contribution is 0.269. The molecule has 13 heavy (non-hydrogen) atoms. The highest BCUT2D eigenvalue weighted by atomic mass is 32.2. The number of hydrogen-bond acceptors (Lipinski definition) is 2. The van der Waals surface area contributed by atoms with Crippen molar-refractivity contribution in [2.24, 2.45) is 0 Å². The molecule has 0 saturated heterocycles. The zero-order valence-corrected chi connectivity index (χ0v) is 8.44. The number of anilines is 1. The van der Waals surface area contributed by atoms with Crippen LogP contribution in [0.2, 0.25) is 0 Å². The van der Waals surface area contributed by atoms with Crippen LogP contribution in [0.15, 0.2) is 18.2 Å². The van der Waals surface area contributed by atoms with Crippen molar-refractivity contribution in [2.75, 3.05) is 5.32 Å². The fraction of sp³-hybridized carbons (Fsp3) is 0.300. The van der Waals surface area contributed by atoms with Crippen molar-refractivity contribution in [1.29, 1.82) is 0 Å². The second-order valence-corrected chi connectivity index (χ2v) is 4.53. The molecular formula is C10H11NOS. The largest absolute Gasteiger partial charge is 0.316 e. The molecule has 1 amide bonds. The van der Waals surface area contributed by atoms with Crippen LogP contribution in [0.5, 0.6) is 0 Å². The predicted molar refractivity (Wildman–Crippen MR) is 56.2 cm³/mol. The lowest BCUT2D eigenvalue weighted by Gasteiger charge is -2.23. The molecule has 0 spiro atoms. The summed E-state index contributed by atoms with van der Waals surface area (Å²) in [6, 6.07) is 6.12. The van der Waals surface area contributed by atoms with Gasteiger partial charge in [0.25, 0.3) is 5.24 Å². The molecule has 68 valence electrons. The Bertz CT molecular complexity index is 362. The van der Waals surface area contributed by atoms with Gasteiger partial charge in [0.1, 0.15) is 0 Å². The second-order valence-electron chi connectivity index (χ2n) is 3.21. The standard InChI is InChI=1S/C10H11NOS/c1-6-4-3-5-8-7(2)13-10(12)11-9(6)8/h3-5,7H,1-2H3,(H,11,12). The number of rotatable bonds is 0. The minimum atomic E-state index is 0.0503. The highest BCUT2D eigenvalue weighted by Crippen LogP contribution is 2.40. The van der Waals surface area contributed by atoms with Crippen LogP contribution < -0.4 is 5.32 Å². The van der Waals surface area contributed by atoms with E-state index < -0.39 is 0 Å². The number of carbonyl (C=O) groups is 1. The molecule has 0 fully saturated rings. The second kappa shape index (κ2) is 3.07. The predicted octanol–water partition coefficient (Wildman–Crippen LogP) is 3.33. The molecule has 2 rings (SSSR count). The first-order chi connectivity index (χ1) is 6.18. The number of hydrogen-bond donors (Lipinski definition) is 1. The van der Waals surface area contributed by atoms with Crippen molar-refractivity contribution in [2.45, 2.75) is 19.1 Å². The summed E-state index contributed by atoms with van der Waals surface area (Å²) >= 11 is 1.34. The molecule has 0 radical (unpaired) electrons. The SMILES string of the molecule is Cc1cccc2c1NC(=O)SC2C. The average molecular weight is 193 g/mol. The fourth-order valence-electron chi connectivity index (χ4n) is 1.56. The van der Waals surface area contributed by atoms with E-state index >= 15 is 0 Å². The molecule has 1 aliphatic heterocycles. The van der Waals surface area contributed by atoms with Crippen molar-refractivity contribution < 1.29 is 4.79 Å². The molecule has 2 nitrogen and oxygen atoms in total. The van der Waals surface area contributed by atoms with Crippen LogP contribution in [0.3, 0.4) is 0 Å². The highest BCUT2D eigenvalue weighted by Gasteiger charge is 2.22. The molecule has 3 heteroatoms. The molecule has 1 atom stereocenters. The van der Waals surface area contributed by atoms with Gasteiger partial charge >= 0.3 is 0 Å². The van der Waals surface area contributed by atoms with Crippen LogP contribution in [0.25, 0.3) is 0 Å². The van der Waals surface area contributed by atoms with Gasteiger partial charge in [0.2, 0.25) is 0 Å². The molecule has 1 aromatic carbocycles. The third-order valence-corrected chi connectivity index (χ3v) is 3.18. The lowest BCUT2D eigenvalue weighted by Crippen LogP contribution is -2.15. The Morgan fingerprint density at radius 2 is 2.23 bits per heavy atom. The van der Waals surface area contributed by atoms with Gasteiger partial charge < -0.3 is 5.32 Å². The van der Waals surface area contributed by atoms with Crippen LogP contribution in [-0.2, 0) is 0 Å². The van der Waals surface area contributed by atoms with E-state index in [0.717, 1.165) is 11.3 Å². The number of amides is 1. The molecular weight excluding hydrogens is 182 g/mol. The van der Waals surface area contributed by atoms with Crippen LogP contribution in [0.1, 0.15) is 23.3 Å². The third kappa shape index (κ3) is 1.44. The molecule has 1 aromatic rings. The van der Waals surface area contributed by atoms with Gasteiger partial charge in [0.05, 0.1) is 0 Å². The van der Waals surface area contributed by atoms with E-state index in [4.69, 9.17) is 0 Å². The average Bonchev–Trinajstić information content (AvgIpc) is 2.07. The van der Waals surface area contributed by atoms with Gasteiger partial charge in [-0.1, -0.05) is 30.0 Å². The van der Waals surface area contributed by atoms with Gasteiger partial charge in [-0.15, -0.1) is 0 Å². The molecule has 0 aromatic heterocycles. The van der Waals surface area contributed by atoms with Gasteiger partial charge in [-0.3, -0.25) is 4.79 Å². The molecule has 1 heterocycles. The number of benzene rings is 1. The number of aryl methyl sites for hydroxylation is 1. The first-order valence-electron chi connectivity index (χ1n) is 4.25. The summed E-state index contributed by atoms with van der Waals surface area (Å²) in [5, 5.41) is 3.20. The Balaban J connectivity index is 2.54. The number of carbonyl (C=O) groups excluding carboxylic acids is 1. The number of para-hydroxylation sites is 1. The zero-order chi connectivity index (χ0) is 9.42. The maximum Gasteiger partial charge on any atom is 0.284 e. The molecule has 1 aliphatic rings. The molecule has 0 bridgehead atoms. The maximum atomic E-state index is 11.2. The quantitative estimate of drug-likeness (QED) is 0.684. The van der Waals surface area contributed by atoms with E-state index in [1.807, 2.05) is 19.1 Å². The van der Waals surface area contributed by atoms with Crippen molar-refractivity contribution in [3.63, 3.8) is 0 Å². The van der Waals surface area contributed by atoms with Crippen molar-refractivity contribution in [1.82, 2.24) is 0 Å². The normalized spacial score (nSPS) is 20.8. The van der Waals surface area contributed by atoms with Gasteiger partial charge in [0.15, 0.2) is 0 Å². The summed E-state index contributed by atoms with van der Waals surface area (Å²) in [6.07, 6.45) is 0. The lowest BCUT2D eigenvalue weighted by atomic mass is 10.1. The summed E-state index contributed by atoms with van der Waals surface area (Å²) < 4.78 is 0. The van der Waals surface area contributed by atoms with E-state index in [-0.39, 0.29) is 10.5 Å². The zero-order valence-electron chi connectivity index (χ0n) is 7.63. The summed E-state index contributed by atoms with van der Waals surface area (Å²) in [7, 11) is 0. The monoisotopic (exact) mass is 193 g/mol. The molecule has 1 N–H and O–H groups in total. The Morgan fingerprint density at radius 1 is 1.46 bits per heavy atom. The van der Waals surface area contributed by atoms with Crippen molar-refractivity contribution >= 4 is 22.7 Å². The van der Waals surface area contributed by atoms with E-state index in [0.29, 0.717) is 0 Å². The summed E-state index contributed by atoms with van der Waals surface area (Å²) in [5.41, 5.74) is 3.36. The van der Waals surface area contributed by atoms with E-state index in [1.165, 1.54) is 17.3 Å². The van der Waals surface area contributed by atoms with Crippen molar-refractivity contribution in [3.8, 4) is 0 Å². The van der Waals surface area contributed by atoms with Crippen LogP contribution >= 0.6 is 11.8 Å². The molecule has 0 saturated carbocycles. The first-order valence-corrected chi connectivity index (χ1v) is 5.13. The fourth-order valence-corrected chi connectivity index (χ4v) is 2.36. The Kier molecular flexibility index (Phi) is 2.04. The number of nitrogens with one attached hydrogen (secondary N) is 1. The number of fused-ring (bicyclic) bond motifs is 1.